The van der Waals surface area contributed by atoms with Crippen molar-refractivity contribution in [2.45, 2.75) is 19.4 Å². The SMILES string of the molecule is CN(Cc1ccc(Br)cc1)C(=O)COC(=O)CCCNc1ccccc1[N+](=O)[O-]. The number of amides is 1. The molecular formula is C20H22BrN3O5. The van der Waals surface area contributed by atoms with E-state index >= 15 is 0 Å². The number of halogens is 1. The first-order chi connectivity index (χ1) is 13.9. The minimum absolute atomic E-state index is 0.0190. The van der Waals surface area contributed by atoms with E-state index in [2.05, 4.69) is 21.2 Å². The largest absolute Gasteiger partial charge is 0.456 e. The summed E-state index contributed by atoms with van der Waals surface area (Å²) in [4.78, 5) is 35.9. The smallest absolute Gasteiger partial charge is 0.306 e. The van der Waals surface area contributed by atoms with Crippen molar-refractivity contribution in [2.75, 3.05) is 25.5 Å². The van der Waals surface area contributed by atoms with Crippen molar-refractivity contribution < 1.29 is 19.2 Å². The zero-order valence-corrected chi connectivity index (χ0v) is 17.6. The van der Waals surface area contributed by atoms with Crippen LogP contribution in [0.3, 0.4) is 0 Å². The molecule has 0 aliphatic rings. The Morgan fingerprint density at radius 2 is 1.86 bits per heavy atom. The Bertz CT molecular complexity index is 857. The van der Waals surface area contributed by atoms with E-state index in [4.69, 9.17) is 4.74 Å². The number of carbonyl (C=O) groups is 2. The van der Waals surface area contributed by atoms with Crippen molar-refractivity contribution in [3.05, 3.63) is 68.7 Å². The quantitative estimate of drug-likeness (QED) is 0.249. The summed E-state index contributed by atoms with van der Waals surface area (Å²) < 4.78 is 5.98. The molecule has 0 atom stereocenters. The molecule has 0 saturated carbocycles. The summed E-state index contributed by atoms with van der Waals surface area (Å²) in [6.45, 7) is 0.476. The van der Waals surface area contributed by atoms with Crippen molar-refractivity contribution in [2.24, 2.45) is 0 Å². The summed E-state index contributed by atoms with van der Waals surface area (Å²) in [5, 5.41) is 13.9. The summed E-state index contributed by atoms with van der Waals surface area (Å²) in [5.41, 5.74) is 1.35. The van der Waals surface area contributed by atoms with Gasteiger partial charge in [-0.15, -0.1) is 0 Å². The number of likely N-dealkylation sites (N-methyl/N-ethyl adjacent to an activating group) is 1. The van der Waals surface area contributed by atoms with Crippen LogP contribution in [0.4, 0.5) is 11.4 Å². The van der Waals surface area contributed by atoms with Crippen molar-refractivity contribution in [1.29, 1.82) is 0 Å². The molecule has 2 aromatic rings. The van der Waals surface area contributed by atoms with E-state index in [0.29, 0.717) is 25.2 Å². The number of benzene rings is 2. The van der Waals surface area contributed by atoms with Gasteiger partial charge in [0.1, 0.15) is 5.69 Å². The van der Waals surface area contributed by atoms with Gasteiger partial charge in [0.2, 0.25) is 0 Å². The van der Waals surface area contributed by atoms with E-state index in [1.807, 2.05) is 24.3 Å². The number of esters is 1. The Labute approximate surface area is 177 Å². The lowest BCUT2D eigenvalue weighted by Crippen LogP contribution is -2.30. The van der Waals surface area contributed by atoms with Gasteiger partial charge in [-0.2, -0.15) is 0 Å². The van der Waals surface area contributed by atoms with Crippen LogP contribution in [0, 0.1) is 10.1 Å². The van der Waals surface area contributed by atoms with Gasteiger partial charge in [-0.1, -0.05) is 40.2 Å². The third kappa shape index (κ3) is 7.53. The van der Waals surface area contributed by atoms with Crippen LogP contribution >= 0.6 is 15.9 Å². The lowest BCUT2D eigenvalue weighted by Gasteiger charge is -2.17. The number of anilines is 1. The van der Waals surface area contributed by atoms with Gasteiger partial charge < -0.3 is 15.0 Å². The molecule has 154 valence electrons. The predicted molar refractivity (Wildman–Crippen MR) is 112 cm³/mol. The zero-order chi connectivity index (χ0) is 21.2. The molecule has 0 radical (unpaired) electrons. The van der Waals surface area contributed by atoms with Gasteiger partial charge >= 0.3 is 5.97 Å². The number of nitrogens with zero attached hydrogens (tertiary/aromatic N) is 2. The molecule has 0 spiro atoms. The van der Waals surface area contributed by atoms with Crippen LogP contribution < -0.4 is 5.32 Å². The molecule has 9 heteroatoms. The molecule has 8 nitrogen and oxygen atoms in total. The van der Waals surface area contributed by atoms with Crippen LogP contribution in [0.15, 0.2) is 53.0 Å². The van der Waals surface area contributed by atoms with Crippen LogP contribution in [0.2, 0.25) is 0 Å². The van der Waals surface area contributed by atoms with Gasteiger partial charge in [0.25, 0.3) is 11.6 Å². The van der Waals surface area contributed by atoms with E-state index in [1.54, 1.807) is 25.2 Å². The topological polar surface area (TPSA) is 102 Å². The molecule has 1 amide bonds. The number of nitro groups is 1. The van der Waals surface area contributed by atoms with Crippen LogP contribution in [0.5, 0.6) is 0 Å². The molecule has 0 aliphatic heterocycles. The fourth-order valence-corrected chi connectivity index (χ4v) is 2.78. The monoisotopic (exact) mass is 463 g/mol. The van der Waals surface area contributed by atoms with E-state index < -0.39 is 10.9 Å². The first-order valence-electron chi connectivity index (χ1n) is 8.98. The van der Waals surface area contributed by atoms with Crippen LogP contribution in [-0.4, -0.2) is 41.9 Å². The van der Waals surface area contributed by atoms with Gasteiger partial charge in [0, 0.05) is 37.1 Å². The fourth-order valence-electron chi connectivity index (χ4n) is 2.51. The van der Waals surface area contributed by atoms with Crippen LogP contribution in [0.25, 0.3) is 0 Å². The highest BCUT2D eigenvalue weighted by molar-refractivity contribution is 9.10. The number of para-hydroxylation sites is 2. The number of nitro benzene ring substituents is 1. The molecule has 0 bridgehead atoms. The minimum atomic E-state index is -0.486. The molecule has 0 aliphatic carbocycles. The van der Waals surface area contributed by atoms with E-state index in [0.717, 1.165) is 10.0 Å². The first kappa shape index (κ1) is 22.4. The highest BCUT2D eigenvalue weighted by Crippen LogP contribution is 2.23. The Hall–Kier alpha value is -2.94. The summed E-state index contributed by atoms with van der Waals surface area (Å²) in [7, 11) is 1.65. The van der Waals surface area contributed by atoms with Gasteiger partial charge in [-0.3, -0.25) is 19.7 Å². The Morgan fingerprint density at radius 1 is 1.17 bits per heavy atom. The average Bonchev–Trinajstić information content (AvgIpc) is 2.71. The van der Waals surface area contributed by atoms with E-state index in [1.165, 1.54) is 11.0 Å². The third-order valence-corrected chi connectivity index (χ3v) is 4.62. The van der Waals surface area contributed by atoms with Crippen molar-refractivity contribution in [1.82, 2.24) is 4.90 Å². The summed E-state index contributed by atoms with van der Waals surface area (Å²) in [6, 6.07) is 13.9. The normalized spacial score (nSPS) is 10.3. The van der Waals surface area contributed by atoms with Crippen molar-refractivity contribution >= 4 is 39.2 Å². The molecule has 0 heterocycles. The maximum atomic E-state index is 12.1. The summed E-state index contributed by atoms with van der Waals surface area (Å²) >= 11 is 3.36. The van der Waals surface area contributed by atoms with Crippen LogP contribution in [0.1, 0.15) is 18.4 Å². The number of nitrogens with one attached hydrogen (secondary N) is 1. The molecule has 29 heavy (non-hydrogen) atoms. The Morgan fingerprint density at radius 3 is 2.55 bits per heavy atom. The number of carbonyl (C=O) groups excluding carboxylic acids is 2. The highest BCUT2D eigenvalue weighted by atomic mass is 79.9. The van der Waals surface area contributed by atoms with E-state index in [-0.39, 0.29) is 24.6 Å². The standard InChI is InChI=1S/C20H22BrN3O5/c1-23(13-15-8-10-16(21)11-9-15)19(25)14-29-20(26)7-4-12-22-17-5-2-3-6-18(17)24(27)28/h2-3,5-6,8-11,22H,4,7,12-14H2,1H3. The van der Waals surface area contributed by atoms with Gasteiger partial charge in [0.15, 0.2) is 6.61 Å². The predicted octanol–water partition coefficient (Wildman–Crippen LogP) is 3.75. The molecule has 0 saturated heterocycles. The zero-order valence-electron chi connectivity index (χ0n) is 16.0. The fraction of sp³-hybridized carbons (Fsp3) is 0.300. The molecule has 2 aromatic carbocycles. The van der Waals surface area contributed by atoms with E-state index in [9.17, 15) is 19.7 Å². The molecule has 1 N–H and O–H groups in total. The second-order valence-corrected chi connectivity index (χ2v) is 7.26. The minimum Gasteiger partial charge on any atom is -0.456 e. The second-order valence-electron chi connectivity index (χ2n) is 6.34. The van der Waals surface area contributed by atoms with Gasteiger partial charge in [-0.05, 0) is 30.2 Å². The number of hydrogen-bond acceptors (Lipinski definition) is 6. The van der Waals surface area contributed by atoms with Crippen molar-refractivity contribution in [3.8, 4) is 0 Å². The Balaban J connectivity index is 1.67. The molecule has 0 fully saturated rings. The molecule has 0 unspecified atom stereocenters. The molecule has 2 rings (SSSR count). The maximum Gasteiger partial charge on any atom is 0.306 e. The second kappa shape index (κ2) is 11.2. The van der Waals surface area contributed by atoms with Crippen LogP contribution in [-0.2, 0) is 20.9 Å². The van der Waals surface area contributed by atoms with Crippen molar-refractivity contribution in [3.63, 3.8) is 0 Å². The summed E-state index contributed by atoms with van der Waals surface area (Å²) in [5.74, 6) is -0.779. The van der Waals surface area contributed by atoms with Gasteiger partial charge in [0.05, 0.1) is 4.92 Å². The lowest BCUT2D eigenvalue weighted by molar-refractivity contribution is -0.384. The highest BCUT2D eigenvalue weighted by Gasteiger charge is 2.14. The summed E-state index contributed by atoms with van der Waals surface area (Å²) in [6.07, 6.45) is 0.533. The third-order valence-electron chi connectivity index (χ3n) is 4.09. The average molecular weight is 464 g/mol. The lowest BCUT2D eigenvalue weighted by atomic mass is 10.2. The Kier molecular flexibility index (Phi) is 8.60. The number of ether oxygens (including phenoxy) is 1. The maximum absolute atomic E-state index is 12.1. The number of rotatable bonds is 10. The van der Waals surface area contributed by atoms with Gasteiger partial charge in [-0.25, -0.2) is 0 Å². The molecular weight excluding hydrogens is 442 g/mol. The molecule has 0 aromatic heterocycles. The number of hydrogen-bond donors (Lipinski definition) is 1. The first-order valence-corrected chi connectivity index (χ1v) is 9.77.